The maximum absolute atomic E-state index is 13.5. The first-order chi connectivity index (χ1) is 10.1. The number of hydrogen-bond donors (Lipinski definition) is 1. The lowest BCUT2D eigenvalue weighted by molar-refractivity contribution is 0.203. The summed E-state index contributed by atoms with van der Waals surface area (Å²) in [6, 6.07) is 13.9. The number of ether oxygens (including phenoxy) is 1. The molecule has 0 radical (unpaired) electrons. The summed E-state index contributed by atoms with van der Waals surface area (Å²) < 4.78 is 19.1. The average molecular weight is 306 g/mol. The van der Waals surface area contributed by atoms with Crippen molar-refractivity contribution in [1.82, 2.24) is 0 Å². The zero-order valence-electron chi connectivity index (χ0n) is 12.1. The lowest BCUT2D eigenvalue weighted by Crippen LogP contribution is -2.06. The van der Waals surface area contributed by atoms with E-state index in [-0.39, 0.29) is 11.9 Å². The zero-order chi connectivity index (χ0) is 15.2. The first kappa shape index (κ1) is 15.9. The summed E-state index contributed by atoms with van der Waals surface area (Å²) in [7, 11) is 0. The Morgan fingerprint density at radius 1 is 1.10 bits per heavy atom. The maximum atomic E-state index is 13.5. The molecule has 2 aromatic rings. The molecule has 1 N–H and O–H groups in total. The second kappa shape index (κ2) is 7.48. The highest BCUT2D eigenvalue weighted by Crippen LogP contribution is 2.27. The summed E-state index contributed by atoms with van der Waals surface area (Å²) >= 11 is 1.31. The van der Waals surface area contributed by atoms with E-state index in [2.05, 4.69) is 0 Å². The molecule has 0 aromatic heterocycles. The quantitative estimate of drug-likeness (QED) is 0.800. The van der Waals surface area contributed by atoms with Crippen LogP contribution in [0.3, 0.4) is 0 Å². The smallest absolute Gasteiger partial charge is 0.136 e. The molecule has 2 nitrogen and oxygen atoms in total. The van der Waals surface area contributed by atoms with Crippen molar-refractivity contribution in [1.29, 1.82) is 0 Å². The van der Waals surface area contributed by atoms with Gasteiger partial charge in [0.1, 0.15) is 11.6 Å². The van der Waals surface area contributed by atoms with E-state index in [4.69, 9.17) is 4.74 Å². The molecular formula is C17H19FO2S. The number of hydrogen-bond acceptors (Lipinski definition) is 3. The van der Waals surface area contributed by atoms with Crippen LogP contribution in [0, 0.1) is 5.82 Å². The van der Waals surface area contributed by atoms with Crippen LogP contribution in [0.4, 0.5) is 4.39 Å². The van der Waals surface area contributed by atoms with Gasteiger partial charge in [0.15, 0.2) is 0 Å². The van der Waals surface area contributed by atoms with E-state index in [1.165, 1.54) is 17.8 Å². The topological polar surface area (TPSA) is 29.5 Å². The average Bonchev–Trinajstić information content (AvgIpc) is 2.46. The first-order valence-electron chi connectivity index (χ1n) is 6.88. The zero-order valence-corrected chi connectivity index (χ0v) is 12.9. The third kappa shape index (κ3) is 4.76. The summed E-state index contributed by atoms with van der Waals surface area (Å²) in [4.78, 5) is 0.552. The lowest BCUT2D eigenvalue weighted by Gasteiger charge is -2.13. The number of rotatable bonds is 6. The number of aliphatic hydroxyl groups is 1. The van der Waals surface area contributed by atoms with Gasteiger partial charge in [0.25, 0.3) is 0 Å². The van der Waals surface area contributed by atoms with Crippen LogP contribution in [0.2, 0.25) is 0 Å². The van der Waals surface area contributed by atoms with Crippen molar-refractivity contribution in [3.63, 3.8) is 0 Å². The molecule has 0 aliphatic heterocycles. The third-order valence-electron chi connectivity index (χ3n) is 2.87. The minimum Gasteiger partial charge on any atom is -0.491 e. The van der Waals surface area contributed by atoms with Crippen LogP contribution in [0.25, 0.3) is 0 Å². The Kier molecular flexibility index (Phi) is 5.65. The highest BCUT2D eigenvalue weighted by molar-refractivity contribution is 7.99. The van der Waals surface area contributed by atoms with Gasteiger partial charge in [0.05, 0.1) is 12.2 Å². The standard InChI is InChI=1S/C17H19FO2S/c1-12(2)20-14-9-7-13(8-10-14)16(19)11-21-17-6-4-3-5-15(17)18/h3-10,12,16,19H,11H2,1-2H3. The van der Waals surface area contributed by atoms with Gasteiger partial charge >= 0.3 is 0 Å². The van der Waals surface area contributed by atoms with Crippen molar-refractivity contribution in [3.05, 3.63) is 59.9 Å². The van der Waals surface area contributed by atoms with Gasteiger partial charge in [0, 0.05) is 10.6 Å². The Hall–Kier alpha value is -1.52. The molecule has 0 saturated heterocycles. The normalized spacial score (nSPS) is 12.4. The molecule has 0 amide bonds. The molecule has 0 spiro atoms. The van der Waals surface area contributed by atoms with Crippen LogP contribution < -0.4 is 4.74 Å². The largest absolute Gasteiger partial charge is 0.491 e. The van der Waals surface area contributed by atoms with E-state index in [0.29, 0.717) is 10.6 Å². The molecule has 112 valence electrons. The monoisotopic (exact) mass is 306 g/mol. The highest BCUT2D eigenvalue weighted by Gasteiger charge is 2.10. The molecule has 0 aliphatic carbocycles. The molecule has 2 rings (SSSR count). The summed E-state index contributed by atoms with van der Waals surface area (Å²) in [6.07, 6.45) is -0.514. The molecule has 2 aromatic carbocycles. The predicted octanol–water partition coefficient (Wildman–Crippen LogP) is 4.44. The van der Waals surface area contributed by atoms with Crippen molar-refractivity contribution in [2.45, 2.75) is 31.0 Å². The van der Waals surface area contributed by atoms with Crippen LogP contribution in [0.1, 0.15) is 25.5 Å². The van der Waals surface area contributed by atoms with Crippen LogP contribution in [-0.2, 0) is 0 Å². The van der Waals surface area contributed by atoms with Gasteiger partial charge in [0.2, 0.25) is 0 Å². The van der Waals surface area contributed by atoms with Crippen LogP contribution in [0.15, 0.2) is 53.4 Å². The van der Waals surface area contributed by atoms with Gasteiger partial charge < -0.3 is 9.84 Å². The Labute approximate surface area is 129 Å². The summed E-state index contributed by atoms with van der Waals surface area (Å²) in [6.45, 7) is 3.93. The van der Waals surface area contributed by atoms with E-state index in [9.17, 15) is 9.50 Å². The maximum Gasteiger partial charge on any atom is 0.136 e. The van der Waals surface area contributed by atoms with Gasteiger partial charge in [-0.3, -0.25) is 0 Å². The van der Waals surface area contributed by atoms with Gasteiger partial charge in [-0.05, 0) is 43.7 Å². The Morgan fingerprint density at radius 3 is 2.38 bits per heavy atom. The molecule has 0 saturated carbocycles. The lowest BCUT2D eigenvalue weighted by atomic mass is 10.1. The summed E-state index contributed by atoms with van der Waals surface area (Å²) in [5.41, 5.74) is 0.801. The predicted molar refractivity (Wildman–Crippen MR) is 84.3 cm³/mol. The third-order valence-corrected chi connectivity index (χ3v) is 3.99. The minimum absolute atomic E-state index is 0.123. The molecule has 0 aliphatic rings. The van der Waals surface area contributed by atoms with Gasteiger partial charge in [-0.1, -0.05) is 24.3 Å². The van der Waals surface area contributed by atoms with E-state index in [1.807, 2.05) is 38.1 Å². The fourth-order valence-electron chi connectivity index (χ4n) is 1.87. The van der Waals surface area contributed by atoms with E-state index in [0.717, 1.165) is 11.3 Å². The first-order valence-corrected chi connectivity index (χ1v) is 7.87. The Balaban J connectivity index is 1.94. The molecule has 0 heterocycles. The highest BCUT2D eigenvalue weighted by atomic mass is 32.2. The number of benzene rings is 2. The van der Waals surface area contributed by atoms with Crippen molar-refractivity contribution in [2.75, 3.05) is 5.75 Å². The summed E-state index contributed by atoms with van der Waals surface area (Å²) in [5, 5.41) is 10.2. The van der Waals surface area contributed by atoms with Crippen molar-refractivity contribution < 1.29 is 14.2 Å². The fraction of sp³-hybridized carbons (Fsp3) is 0.294. The van der Waals surface area contributed by atoms with Gasteiger partial charge in [-0.25, -0.2) is 4.39 Å². The second-order valence-electron chi connectivity index (χ2n) is 4.99. The molecule has 1 atom stereocenters. The number of aliphatic hydroxyl groups excluding tert-OH is 1. The minimum atomic E-state index is -0.636. The molecular weight excluding hydrogens is 287 g/mol. The summed E-state index contributed by atoms with van der Waals surface area (Å²) in [5.74, 6) is 0.934. The van der Waals surface area contributed by atoms with E-state index in [1.54, 1.807) is 18.2 Å². The Morgan fingerprint density at radius 2 is 1.76 bits per heavy atom. The Bertz CT molecular complexity index is 569. The van der Waals surface area contributed by atoms with Crippen molar-refractivity contribution in [2.24, 2.45) is 0 Å². The van der Waals surface area contributed by atoms with Crippen LogP contribution in [-0.4, -0.2) is 17.0 Å². The van der Waals surface area contributed by atoms with E-state index >= 15 is 0 Å². The molecule has 0 bridgehead atoms. The molecule has 21 heavy (non-hydrogen) atoms. The SMILES string of the molecule is CC(C)Oc1ccc(C(O)CSc2ccccc2F)cc1. The van der Waals surface area contributed by atoms with Gasteiger partial charge in [-0.15, -0.1) is 11.8 Å². The fourth-order valence-corrected chi connectivity index (χ4v) is 2.78. The van der Waals surface area contributed by atoms with Crippen molar-refractivity contribution >= 4 is 11.8 Å². The molecule has 0 fully saturated rings. The van der Waals surface area contributed by atoms with E-state index < -0.39 is 6.10 Å². The molecule has 4 heteroatoms. The number of thioether (sulfide) groups is 1. The van der Waals surface area contributed by atoms with Crippen LogP contribution in [0.5, 0.6) is 5.75 Å². The van der Waals surface area contributed by atoms with Crippen molar-refractivity contribution in [3.8, 4) is 5.75 Å². The molecule has 1 unspecified atom stereocenters. The number of halogens is 1. The van der Waals surface area contributed by atoms with Crippen LogP contribution >= 0.6 is 11.8 Å². The second-order valence-corrected chi connectivity index (χ2v) is 6.05. The van der Waals surface area contributed by atoms with Gasteiger partial charge in [-0.2, -0.15) is 0 Å².